The summed E-state index contributed by atoms with van der Waals surface area (Å²) in [6, 6.07) is 5.65. The Morgan fingerprint density at radius 2 is 2.20 bits per heavy atom. The normalized spacial score (nSPS) is 10.0. The summed E-state index contributed by atoms with van der Waals surface area (Å²) >= 11 is 0. The van der Waals surface area contributed by atoms with Crippen LogP contribution in [-0.2, 0) is 0 Å². The van der Waals surface area contributed by atoms with Crippen molar-refractivity contribution in [2.75, 3.05) is 19.6 Å². The Bertz CT molecular complexity index is 328. The van der Waals surface area contributed by atoms with E-state index in [9.17, 15) is 9.18 Å². The maximum atomic E-state index is 12.8. The fourth-order valence-electron chi connectivity index (χ4n) is 1.17. The molecule has 0 aliphatic heterocycles. The van der Waals surface area contributed by atoms with Crippen molar-refractivity contribution in [1.29, 1.82) is 0 Å². The van der Waals surface area contributed by atoms with Crippen molar-refractivity contribution in [3.8, 4) is 0 Å². The summed E-state index contributed by atoms with van der Waals surface area (Å²) in [5.74, 6) is -0.637. The van der Waals surface area contributed by atoms with Gasteiger partial charge >= 0.3 is 0 Å². The molecular weight excluding hydrogens is 195 g/mol. The molecule has 3 nitrogen and oxygen atoms in total. The molecule has 0 atom stereocenters. The Balaban J connectivity index is 2.40. The van der Waals surface area contributed by atoms with E-state index in [0.29, 0.717) is 12.1 Å². The Morgan fingerprint density at radius 1 is 1.40 bits per heavy atom. The molecule has 1 aromatic rings. The van der Waals surface area contributed by atoms with E-state index in [1.807, 2.05) is 6.92 Å². The number of rotatable bonds is 5. The summed E-state index contributed by atoms with van der Waals surface area (Å²) in [5.41, 5.74) is 0.353. The van der Waals surface area contributed by atoms with Crippen LogP contribution in [0.3, 0.4) is 0 Å². The predicted octanol–water partition coefficient (Wildman–Crippen LogP) is 1.16. The molecule has 0 heterocycles. The Morgan fingerprint density at radius 3 is 2.87 bits per heavy atom. The topological polar surface area (TPSA) is 41.1 Å². The molecule has 1 amide bonds. The minimum Gasteiger partial charge on any atom is -0.351 e. The first-order chi connectivity index (χ1) is 7.24. The second-order valence-electron chi connectivity index (χ2n) is 3.12. The van der Waals surface area contributed by atoms with Crippen LogP contribution in [0.5, 0.6) is 0 Å². The van der Waals surface area contributed by atoms with E-state index < -0.39 is 5.82 Å². The van der Waals surface area contributed by atoms with E-state index in [0.717, 1.165) is 13.1 Å². The number of likely N-dealkylation sites (N-methyl/N-ethyl adjacent to an activating group) is 1. The largest absolute Gasteiger partial charge is 0.351 e. The maximum absolute atomic E-state index is 12.8. The minimum atomic E-state index is -0.394. The number of benzene rings is 1. The van der Waals surface area contributed by atoms with Crippen LogP contribution in [0.25, 0.3) is 0 Å². The van der Waals surface area contributed by atoms with Crippen molar-refractivity contribution in [3.05, 3.63) is 35.6 Å². The molecule has 0 bridgehead atoms. The quantitative estimate of drug-likeness (QED) is 0.716. The molecule has 1 aromatic carbocycles. The van der Waals surface area contributed by atoms with Crippen molar-refractivity contribution in [2.24, 2.45) is 0 Å². The van der Waals surface area contributed by atoms with Crippen LogP contribution in [0.1, 0.15) is 17.3 Å². The summed E-state index contributed by atoms with van der Waals surface area (Å²) < 4.78 is 12.8. The molecule has 2 N–H and O–H groups in total. The number of nitrogens with one attached hydrogen (secondary N) is 2. The highest BCUT2D eigenvalue weighted by Crippen LogP contribution is 2.02. The van der Waals surface area contributed by atoms with Gasteiger partial charge in [-0.1, -0.05) is 13.0 Å². The van der Waals surface area contributed by atoms with E-state index in [4.69, 9.17) is 0 Å². The zero-order valence-corrected chi connectivity index (χ0v) is 8.72. The average molecular weight is 210 g/mol. The van der Waals surface area contributed by atoms with E-state index in [-0.39, 0.29) is 5.91 Å². The number of carbonyl (C=O) groups is 1. The van der Waals surface area contributed by atoms with Crippen molar-refractivity contribution in [1.82, 2.24) is 10.6 Å². The molecule has 0 unspecified atom stereocenters. The van der Waals surface area contributed by atoms with Gasteiger partial charge in [-0.05, 0) is 24.7 Å². The third-order valence-corrected chi connectivity index (χ3v) is 1.92. The minimum absolute atomic E-state index is 0.243. The summed E-state index contributed by atoms with van der Waals surface area (Å²) in [6.07, 6.45) is 0. The molecule has 0 radical (unpaired) electrons. The van der Waals surface area contributed by atoms with Gasteiger partial charge in [-0.3, -0.25) is 4.79 Å². The highest BCUT2D eigenvalue weighted by molar-refractivity contribution is 5.94. The summed E-state index contributed by atoms with van der Waals surface area (Å²) in [7, 11) is 0. The maximum Gasteiger partial charge on any atom is 0.251 e. The second kappa shape index (κ2) is 6.14. The average Bonchev–Trinajstić information content (AvgIpc) is 2.24. The van der Waals surface area contributed by atoms with Crippen LogP contribution in [0.2, 0.25) is 0 Å². The lowest BCUT2D eigenvalue weighted by Crippen LogP contribution is -2.31. The van der Waals surface area contributed by atoms with Gasteiger partial charge in [-0.25, -0.2) is 4.39 Å². The predicted molar refractivity (Wildman–Crippen MR) is 57.3 cm³/mol. The van der Waals surface area contributed by atoms with Crippen LogP contribution in [0, 0.1) is 5.82 Å². The number of hydrogen-bond acceptors (Lipinski definition) is 2. The Labute approximate surface area is 88.7 Å². The summed E-state index contributed by atoms with van der Waals surface area (Å²) in [6.45, 7) is 4.13. The van der Waals surface area contributed by atoms with Gasteiger partial charge in [0, 0.05) is 18.7 Å². The van der Waals surface area contributed by atoms with Gasteiger partial charge in [0.15, 0.2) is 0 Å². The molecule has 4 heteroatoms. The van der Waals surface area contributed by atoms with Gasteiger partial charge in [0.05, 0.1) is 0 Å². The monoisotopic (exact) mass is 210 g/mol. The lowest BCUT2D eigenvalue weighted by molar-refractivity contribution is 0.0953. The zero-order chi connectivity index (χ0) is 11.1. The molecular formula is C11H15FN2O. The second-order valence-corrected chi connectivity index (χ2v) is 3.12. The van der Waals surface area contributed by atoms with Gasteiger partial charge in [0.25, 0.3) is 5.91 Å². The zero-order valence-electron chi connectivity index (χ0n) is 8.72. The molecule has 1 rings (SSSR count). The van der Waals surface area contributed by atoms with E-state index >= 15 is 0 Å². The van der Waals surface area contributed by atoms with Crippen molar-refractivity contribution in [2.45, 2.75) is 6.92 Å². The van der Waals surface area contributed by atoms with Crippen LogP contribution < -0.4 is 10.6 Å². The first-order valence-electron chi connectivity index (χ1n) is 4.98. The van der Waals surface area contributed by atoms with Crippen LogP contribution in [0.15, 0.2) is 24.3 Å². The third-order valence-electron chi connectivity index (χ3n) is 1.92. The highest BCUT2D eigenvalue weighted by atomic mass is 19.1. The van der Waals surface area contributed by atoms with Gasteiger partial charge in [-0.2, -0.15) is 0 Å². The lowest BCUT2D eigenvalue weighted by atomic mass is 10.2. The molecule has 0 fully saturated rings. The van der Waals surface area contributed by atoms with Crippen molar-refractivity contribution >= 4 is 5.91 Å². The lowest BCUT2D eigenvalue weighted by Gasteiger charge is -2.05. The SMILES string of the molecule is CCNCCNC(=O)c1cccc(F)c1. The summed E-state index contributed by atoms with van der Waals surface area (Å²) in [4.78, 5) is 11.5. The van der Waals surface area contributed by atoms with Gasteiger partial charge < -0.3 is 10.6 Å². The van der Waals surface area contributed by atoms with Crippen LogP contribution in [-0.4, -0.2) is 25.5 Å². The van der Waals surface area contributed by atoms with E-state index in [2.05, 4.69) is 10.6 Å². The Hall–Kier alpha value is -1.42. The van der Waals surface area contributed by atoms with Crippen molar-refractivity contribution < 1.29 is 9.18 Å². The fourth-order valence-corrected chi connectivity index (χ4v) is 1.17. The molecule has 15 heavy (non-hydrogen) atoms. The molecule has 82 valence electrons. The Kier molecular flexibility index (Phi) is 4.77. The molecule has 0 saturated heterocycles. The summed E-state index contributed by atoms with van der Waals surface area (Å²) in [5, 5.41) is 5.77. The first kappa shape index (κ1) is 11.7. The number of hydrogen-bond donors (Lipinski definition) is 2. The molecule has 0 spiro atoms. The van der Waals surface area contributed by atoms with E-state index in [1.54, 1.807) is 6.07 Å². The molecule has 0 aliphatic carbocycles. The number of halogens is 1. The standard InChI is InChI=1S/C11H15FN2O/c1-2-13-6-7-14-11(15)9-4-3-5-10(12)8-9/h3-5,8,13H,2,6-7H2,1H3,(H,14,15). The molecule has 0 aliphatic rings. The smallest absolute Gasteiger partial charge is 0.251 e. The van der Waals surface area contributed by atoms with Gasteiger partial charge in [-0.15, -0.1) is 0 Å². The first-order valence-corrected chi connectivity index (χ1v) is 4.98. The third kappa shape index (κ3) is 4.08. The van der Waals surface area contributed by atoms with Crippen LogP contribution >= 0.6 is 0 Å². The van der Waals surface area contributed by atoms with Gasteiger partial charge in [0.1, 0.15) is 5.82 Å². The number of carbonyl (C=O) groups excluding carboxylic acids is 1. The van der Waals surface area contributed by atoms with Crippen LogP contribution in [0.4, 0.5) is 4.39 Å². The highest BCUT2D eigenvalue weighted by Gasteiger charge is 2.04. The molecule has 0 aromatic heterocycles. The van der Waals surface area contributed by atoms with Crippen molar-refractivity contribution in [3.63, 3.8) is 0 Å². The molecule has 0 saturated carbocycles. The fraction of sp³-hybridized carbons (Fsp3) is 0.364. The van der Waals surface area contributed by atoms with Gasteiger partial charge in [0.2, 0.25) is 0 Å². The van der Waals surface area contributed by atoms with E-state index in [1.165, 1.54) is 18.2 Å². The number of amides is 1.